The van der Waals surface area contributed by atoms with Gasteiger partial charge in [0.25, 0.3) is 0 Å². The van der Waals surface area contributed by atoms with Gasteiger partial charge in [0.05, 0.1) is 15.9 Å². The number of allylic oxidation sites excluding steroid dienone is 2. The quantitative estimate of drug-likeness (QED) is 0.127. The average molecular weight is 613 g/mol. The van der Waals surface area contributed by atoms with Crippen LogP contribution in [0.3, 0.4) is 0 Å². The average Bonchev–Trinajstić information content (AvgIpc) is 3.05. The lowest BCUT2D eigenvalue weighted by Gasteiger charge is -2.27. The number of sulfone groups is 1. The lowest BCUT2D eigenvalue weighted by molar-refractivity contribution is 0.193. The summed E-state index contributed by atoms with van der Waals surface area (Å²) in [5.41, 5.74) is 3.28. The van der Waals surface area contributed by atoms with Gasteiger partial charge in [0.15, 0.2) is 0 Å². The highest BCUT2D eigenvalue weighted by atomic mass is 32.2. The van der Waals surface area contributed by atoms with Crippen LogP contribution in [-0.2, 0) is 20.7 Å². The Hall–Kier alpha value is -3.75. The maximum atomic E-state index is 13.4. The zero-order chi connectivity index (χ0) is 32.4. The van der Waals surface area contributed by atoms with Crippen LogP contribution in [0.4, 0.5) is 0 Å². The third-order valence-corrected chi connectivity index (χ3v) is 10.7. The van der Waals surface area contributed by atoms with Crippen molar-refractivity contribution in [2.24, 2.45) is 0 Å². The van der Waals surface area contributed by atoms with Gasteiger partial charge in [-0.1, -0.05) is 90.8 Å². The van der Waals surface area contributed by atoms with Crippen molar-refractivity contribution in [1.29, 1.82) is 0 Å². The summed E-state index contributed by atoms with van der Waals surface area (Å²) in [6.45, 7) is 15.4. The van der Waals surface area contributed by atoms with E-state index in [-0.39, 0.29) is 33.3 Å². The fraction of sp³-hybridized carbons (Fsp3) is 0.385. The predicted octanol–water partition coefficient (Wildman–Crippen LogP) is 9.58. The Morgan fingerprint density at radius 3 is 1.77 bits per heavy atom. The maximum absolute atomic E-state index is 13.4. The third kappa shape index (κ3) is 8.24. The summed E-state index contributed by atoms with van der Waals surface area (Å²) in [7, 11) is -3.78. The van der Waals surface area contributed by atoms with Crippen LogP contribution in [-0.4, -0.2) is 21.1 Å². The SMILES string of the molecule is C#C/C=C(\C=C/COc1ccc(C(C)(C)c2ccc(OC(CC)CC)cc2)cc1)S(=O)(=O)c1ccc(C(C)(CC)CC)cc1. The molecular weight excluding hydrogens is 564 g/mol. The van der Waals surface area contributed by atoms with Crippen molar-refractivity contribution in [3.63, 3.8) is 0 Å². The molecule has 3 aromatic carbocycles. The monoisotopic (exact) mass is 612 g/mol. The summed E-state index contributed by atoms with van der Waals surface area (Å²) in [6, 6.07) is 23.5. The molecule has 0 saturated heterocycles. The van der Waals surface area contributed by atoms with E-state index in [1.807, 2.05) is 36.4 Å². The highest BCUT2D eigenvalue weighted by molar-refractivity contribution is 7.95. The molecule has 0 aliphatic heterocycles. The highest BCUT2D eigenvalue weighted by Crippen LogP contribution is 2.34. The van der Waals surface area contributed by atoms with E-state index in [4.69, 9.17) is 15.9 Å². The number of rotatable bonds is 15. The summed E-state index contributed by atoms with van der Waals surface area (Å²) < 4.78 is 38.7. The molecule has 0 unspecified atom stereocenters. The molecule has 44 heavy (non-hydrogen) atoms. The van der Waals surface area contributed by atoms with Crippen LogP contribution in [0.15, 0.2) is 101 Å². The Morgan fingerprint density at radius 1 is 0.795 bits per heavy atom. The van der Waals surface area contributed by atoms with Crippen LogP contribution in [0.25, 0.3) is 0 Å². The second-order valence-corrected chi connectivity index (χ2v) is 13.9. The first-order valence-corrected chi connectivity index (χ1v) is 17.1. The van der Waals surface area contributed by atoms with Gasteiger partial charge in [0.1, 0.15) is 18.1 Å². The molecule has 234 valence electrons. The first-order chi connectivity index (χ1) is 20.9. The second kappa shape index (κ2) is 15.3. The van der Waals surface area contributed by atoms with Gasteiger partial charge in [-0.3, -0.25) is 0 Å². The minimum atomic E-state index is -3.78. The molecule has 3 rings (SSSR count). The normalized spacial score (nSPS) is 12.8. The van der Waals surface area contributed by atoms with E-state index in [1.54, 1.807) is 18.2 Å². The number of hydrogen-bond donors (Lipinski definition) is 0. The summed E-state index contributed by atoms with van der Waals surface area (Å²) >= 11 is 0. The molecule has 0 aliphatic carbocycles. The molecule has 0 saturated carbocycles. The molecule has 0 aromatic heterocycles. The van der Waals surface area contributed by atoms with Gasteiger partial charge in [0, 0.05) is 11.5 Å². The van der Waals surface area contributed by atoms with Crippen molar-refractivity contribution in [3.8, 4) is 23.8 Å². The van der Waals surface area contributed by atoms with E-state index in [0.717, 1.165) is 42.6 Å². The van der Waals surface area contributed by atoms with Crippen LogP contribution in [0, 0.1) is 12.3 Å². The van der Waals surface area contributed by atoms with Crippen molar-refractivity contribution in [1.82, 2.24) is 0 Å². The zero-order valence-electron chi connectivity index (χ0n) is 27.4. The Balaban J connectivity index is 1.66. The first-order valence-electron chi connectivity index (χ1n) is 15.6. The highest BCUT2D eigenvalue weighted by Gasteiger charge is 2.25. The molecule has 0 heterocycles. The molecular formula is C39H48O4S. The molecule has 0 fully saturated rings. The van der Waals surface area contributed by atoms with Gasteiger partial charge in [-0.2, -0.15) is 0 Å². The Bertz CT molecular complexity index is 1550. The van der Waals surface area contributed by atoms with Crippen molar-refractivity contribution >= 4 is 9.84 Å². The van der Waals surface area contributed by atoms with Gasteiger partial charge in [-0.15, -0.1) is 6.42 Å². The first kappa shape index (κ1) is 34.7. The molecule has 0 bridgehead atoms. The molecule has 0 atom stereocenters. The molecule has 3 aromatic rings. The van der Waals surface area contributed by atoms with Crippen LogP contribution in [0.5, 0.6) is 11.5 Å². The van der Waals surface area contributed by atoms with E-state index < -0.39 is 9.84 Å². The fourth-order valence-corrected chi connectivity index (χ4v) is 6.43. The van der Waals surface area contributed by atoms with Gasteiger partial charge < -0.3 is 9.47 Å². The van der Waals surface area contributed by atoms with Gasteiger partial charge >= 0.3 is 0 Å². The molecule has 0 radical (unpaired) electrons. The largest absolute Gasteiger partial charge is 0.490 e. The van der Waals surface area contributed by atoms with Crippen molar-refractivity contribution in [2.45, 2.75) is 96.0 Å². The smallest absolute Gasteiger partial charge is 0.207 e. The summed E-state index contributed by atoms with van der Waals surface area (Å²) in [4.78, 5) is 0.271. The standard InChI is InChI=1S/C39H48O4S/c1-9-15-36(44(40,41)37-27-21-32(22-28-37)39(8,12-4)13-5)16-14-29-42-34-23-17-30(18-24-34)38(6,7)31-19-25-35(26-20-31)43-33(10-2)11-3/h1,14-28,33H,10-13,29H2,2-8H3/b16-14-,36-15+. The van der Waals surface area contributed by atoms with Crippen molar-refractivity contribution in [2.75, 3.05) is 6.61 Å². The lowest BCUT2D eigenvalue weighted by atomic mass is 9.78. The molecule has 0 amide bonds. The molecule has 4 nitrogen and oxygen atoms in total. The van der Waals surface area contributed by atoms with Gasteiger partial charge in [0.2, 0.25) is 9.84 Å². The maximum Gasteiger partial charge on any atom is 0.207 e. The second-order valence-electron chi connectivity index (χ2n) is 12.0. The minimum absolute atomic E-state index is 0.0124. The molecule has 0 N–H and O–H groups in total. The molecule has 0 spiro atoms. The Labute approximate surface area is 266 Å². The molecule has 5 heteroatoms. The Morgan fingerprint density at radius 2 is 1.30 bits per heavy atom. The van der Waals surface area contributed by atoms with Crippen molar-refractivity contribution < 1.29 is 17.9 Å². The van der Waals surface area contributed by atoms with E-state index in [0.29, 0.717) is 5.75 Å². The van der Waals surface area contributed by atoms with E-state index in [2.05, 4.69) is 78.7 Å². The molecule has 0 aliphatic rings. The van der Waals surface area contributed by atoms with E-state index >= 15 is 0 Å². The fourth-order valence-electron chi connectivity index (χ4n) is 5.17. The number of benzene rings is 3. The topological polar surface area (TPSA) is 52.6 Å². The van der Waals surface area contributed by atoms with E-state index in [1.165, 1.54) is 17.7 Å². The summed E-state index contributed by atoms with van der Waals surface area (Å²) in [6.07, 6.45) is 14.1. The van der Waals surface area contributed by atoms with Gasteiger partial charge in [-0.25, -0.2) is 8.42 Å². The predicted molar refractivity (Wildman–Crippen MR) is 183 cm³/mol. The van der Waals surface area contributed by atoms with Crippen LogP contribution in [0.1, 0.15) is 90.8 Å². The summed E-state index contributed by atoms with van der Waals surface area (Å²) in [5, 5.41) is 0. The Kier molecular flexibility index (Phi) is 12.1. The number of terminal acetylenes is 1. The van der Waals surface area contributed by atoms with Crippen molar-refractivity contribution in [3.05, 3.63) is 113 Å². The van der Waals surface area contributed by atoms with Crippen LogP contribution >= 0.6 is 0 Å². The third-order valence-electron chi connectivity index (χ3n) is 8.95. The van der Waals surface area contributed by atoms with E-state index in [9.17, 15) is 8.42 Å². The summed E-state index contributed by atoms with van der Waals surface area (Å²) in [5.74, 6) is 3.96. The van der Waals surface area contributed by atoms with Crippen LogP contribution in [0.2, 0.25) is 0 Å². The van der Waals surface area contributed by atoms with Crippen LogP contribution < -0.4 is 9.47 Å². The minimum Gasteiger partial charge on any atom is -0.490 e. The van der Waals surface area contributed by atoms with Gasteiger partial charge in [-0.05, 0) is 96.3 Å². The lowest BCUT2D eigenvalue weighted by Crippen LogP contribution is -2.19. The zero-order valence-corrected chi connectivity index (χ0v) is 28.2. The number of ether oxygens (including phenoxy) is 2. The number of hydrogen-bond acceptors (Lipinski definition) is 4.